The van der Waals surface area contributed by atoms with Crippen molar-refractivity contribution in [3.05, 3.63) is 48.0 Å². The SMILES string of the molecule is O=C1/C=C\C[C@H](O)CC(O)CCCCC[C@@H](COCc2ccccc2)O1. The van der Waals surface area contributed by atoms with Gasteiger partial charge in [0.1, 0.15) is 6.10 Å². The van der Waals surface area contributed by atoms with Crippen molar-refractivity contribution in [2.75, 3.05) is 6.61 Å². The maximum Gasteiger partial charge on any atom is 0.330 e. The molecule has 0 radical (unpaired) electrons. The van der Waals surface area contributed by atoms with Gasteiger partial charge in [0.25, 0.3) is 0 Å². The van der Waals surface area contributed by atoms with Crippen molar-refractivity contribution in [3.8, 4) is 0 Å². The summed E-state index contributed by atoms with van der Waals surface area (Å²) in [5.41, 5.74) is 1.09. The quantitative estimate of drug-likeness (QED) is 0.805. The molecule has 0 fully saturated rings. The van der Waals surface area contributed by atoms with Crippen molar-refractivity contribution in [2.45, 2.75) is 69.9 Å². The summed E-state index contributed by atoms with van der Waals surface area (Å²) in [6.45, 7) is 0.850. The van der Waals surface area contributed by atoms with Crippen LogP contribution < -0.4 is 0 Å². The molecule has 0 saturated carbocycles. The Morgan fingerprint density at radius 3 is 2.62 bits per heavy atom. The number of hydrogen-bond acceptors (Lipinski definition) is 5. The van der Waals surface area contributed by atoms with E-state index in [1.165, 1.54) is 6.08 Å². The van der Waals surface area contributed by atoms with Gasteiger partial charge < -0.3 is 19.7 Å². The predicted octanol–water partition coefficient (Wildman–Crippen LogP) is 3.14. The average Bonchev–Trinajstić information content (AvgIpc) is 2.61. The Morgan fingerprint density at radius 2 is 1.81 bits per heavy atom. The Morgan fingerprint density at radius 1 is 1.04 bits per heavy atom. The molecule has 3 atom stereocenters. The number of ether oxygens (including phenoxy) is 2. The van der Waals surface area contributed by atoms with Crippen molar-refractivity contribution in [1.29, 1.82) is 0 Å². The lowest BCUT2D eigenvalue weighted by Gasteiger charge is -2.19. The van der Waals surface area contributed by atoms with Gasteiger partial charge >= 0.3 is 5.97 Å². The number of carbonyl (C=O) groups excluding carboxylic acids is 1. The second-order valence-electron chi connectivity index (χ2n) is 6.88. The lowest BCUT2D eigenvalue weighted by atomic mass is 10.0. The summed E-state index contributed by atoms with van der Waals surface area (Å²) >= 11 is 0. The van der Waals surface area contributed by atoms with Crippen LogP contribution in [-0.2, 0) is 20.9 Å². The maximum atomic E-state index is 12.0. The van der Waals surface area contributed by atoms with E-state index in [1.54, 1.807) is 6.08 Å². The van der Waals surface area contributed by atoms with Gasteiger partial charge in [-0.05, 0) is 37.7 Å². The van der Waals surface area contributed by atoms with Crippen LogP contribution in [0.4, 0.5) is 0 Å². The summed E-state index contributed by atoms with van der Waals surface area (Å²) in [6.07, 6.45) is 6.42. The molecule has 1 unspecified atom stereocenters. The summed E-state index contributed by atoms with van der Waals surface area (Å²) in [7, 11) is 0. The van der Waals surface area contributed by atoms with Crippen molar-refractivity contribution in [2.24, 2.45) is 0 Å². The standard InChI is InChI=1S/C21H30O5/c22-18-10-5-2-6-12-20(16-25-15-17-8-3-1-4-9-17)26-21(24)13-7-11-19(23)14-18/h1,3-4,7-9,13,18-20,22-23H,2,5-6,10-12,14-16H2/b13-7-/t18?,19-,20-/m0/s1. The van der Waals surface area contributed by atoms with Crippen LogP contribution in [0.2, 0.25) is 0 Å². The van der Waals surface area contributed by atoms with E-state index >= 15 is 0 Å². The molecular formula is C21H30O5. The molecule has 1 heterocycles. The van der Waals surface area contributed by atoms with Crippen LogP contribution in [0.25, 0.3) is 0 Å². The molecular weight excluding hydrogens is 332 g/mol. The second-order valence-corrected chi connectivity index (χ2v) is 6.88. The van der Waals surface area contributed by atoms with Crippen molar-refractivity contribution < 1.29 is 24.5 Å². The zero-order valence-electron chi connectivity index (χ0n) is 15.3. The van der Waals surface area contributed by atoms with E-state index < -0.39 is 18.2 Å². The van der Waals surface area contributed by atoms with Crippen LogP contribution in [0.15, 0.2) is 42.5 Å². The van der Waals surface area contributed by atoms with Crippen molar-refractivity contribution in [3.63, 3.8) is 0 Å². The van der Waals surface area contributed by atoms with Crippen molar-refractivity contribution in [1.82, 2.24) is 0 Å². The van der Waals surface area contributed by atoms with E-state index in [2.05, 4.69) is 0 Å². The molecule has 2 N–H and O–H groups in total. The lowest BCUT2D eigenvalue weighted by molar-refractivity contribution is -0.146. The molecule has 1 aliphatic heterocycles. The van der Waals surface area contributed by atoms with E-state index in [9.17, 15) is 15.0 Å². The Labute approximate surface area is 155 Å². The van der Waals surface area contributed by atoms with Crippen LogP contribution in [0.5, 0.6) is 0 Å². The predicted molar refractivity (Wildman–Crippen MR) is 99.5 cm³/mol. The molecule has 0 spiro atoms. The first kappa shape index (κ1) is 20.6. The van der Waals surface area contributed by atoms with Crippen LogP contribution in [0.3, 0.4) is 0 Å². The molecule has 5 nitrogen and oxygen atoms in total. The van der Waals surface area contributed by atoms with Crippen LogP contribution in [-0.4, -0.2) is 41.1 Å². The summed E-state index contributed by atoms with van der Waals surface area (Å²) < 4.78 is 11.2. The molecule has 1 aromatic carbocycles. The Bertz CT molecular complexity index is 543. The van der Waals surface area contributed by atoms with Gasteiger partial charge in [0.2, 0.25) is 0 Å². The highest BCUT2D eigenvalue weighted by atomic mass is 16.6. The normalized spacial score (nSPS) is 27.3. The number of carbonyl (C=O) groups is 1. The minimum Gasteiger partial charge on any atom is -0.457 e. The molecule has 5 heteroatoms. The summed E-state index contributed by atoms with van der Waals surface area (Å²) in [6, 6.07) is 9.89. The zero-order valence-corrected chi connectivity index (χ0v) is 15.3. The minimum atomic E-state index is -0.637. The fourth-order valence-electron chi connectivity index (χ4n) is 3.04. The van der Waals surface area contributed by atoms with E-state index in [0.29, 0.717) is 32.5 Å². The Balaban J connectivity index is 1.85. The number of cyclic esters (lactones) is 1. The third-order valence-electron chi connectivity index (χ3n) is 4.47. The van der Waals surface area contributed by atoms with Gasteiger partial charge in [0.05, 0.1) is 25.4 Å². The van der Waals surface area contributed by atoms with Crippen molar-refractivity contribution >= 4 is 5.97 Å². The van der Waals surface area contributed by atoms with Gasteiger partial charge in [-0.2, -0.15) is 0 Å². The highest BCUT2D eigenvalue weighted by Crippen LogP contribution is 2.15. The van der Waals surface area contributed by atoms with Gasteiger partial charge in [0.15, 0.2) is 0 Å². The molecule has 0 amide bonds. The Hall–Kier alpha value is -1.69. The van der Waals surface area contributed by atoms with Crippen LogP contribution in [0.1, 0.15) is 50.5 Å². The molecule has 0 saturated heterocycles. The van der Waals surface area contributed by atoms with Gasteiger partial charge in [0, 0.05) is 6.08 Å². The third kappa shape index (κ3) is 8.61. The number of hydrogen-bond donors (Lipinski definition) is 2. The maximum absolute atomic E-state index is 12.0. The number of aliphatic hydroxyl groups excluding tert-OH is 2. The molecule has 1 aromatic rings. The Kier molecular flexibility index (Phi) is 9.39. The molecule has 1 aliphatic rings. The molecule has 0 aliphatic carbocycles. The first-order valence-corrected chi connectivity index (χ1v) is 9.48. The largest absolute Gasteiger partial charge is 0.457 e. The number of esters is 1. The average molecular weight is 362 g/mol. The van der Waals surface area contributed by atoms with E-state index in [0.717, 1.165) is 31.2 Å². The fraction of sp³-hybridized carbons (Fsp3) is 0.571. The molecule has 0 bridgehead atoms. The monoisotopic (exact) mass is 362 g/mol. The first-order chi connectivity index (χ1) is 12.6. The summed E-state index contributed by atoms with van der Waals surface area (Å²) in [5, 5.41) is 19.8. The van der Waals surface area contributed by atoms with Gasteiger partial charge in [-0.3, -0.25) is 0 Å². The molecule has 2 rings (SSSR count). The molecule has 144 valence electrons. The summed E-state index contributed by atoms with van der Waals surface area (Å²) in [4.78, 5) is 12.0. The third-order valence-corrected chi connectivity index (χ3v) is 4.47. The highest BCUT2D eigenvalue weighted by Gasteiger charge is 2.15. The summed E-state index contributed by atoms with van der Waals surface area (Å²) in [5.74, 6) is -0.414. The minimum absolute atomic E-state index is 0.284. The van der Waals surface area contributed by atoms with Gasteiger partial charge in [-0.15, -0.1) is 0 Å². The number of aliphatic hydroxyl groups is 2. The number of rotatable bonds is 4. The zero-order chi connectivity index (χ0) is 18.6. The second kappa shape index (κ2) is 11.8. The van der Waals surface area contributed by atoms with Gasteiger partial charge in [-0.25, -0.2) is 4.79 Å². The first-order valence-electron chi connectivity index (χ1n) is 9.48. The molecule has 0 aromatic heterocycles. The number of benzene rings is 1. The van der Waals surface area contributed by atoms with Crippen LogP contribution in [0, 0.1) is 0 Å². The van der Waals surface area contributed by atoms with Crippen LogP contribution >= 0.6 is 0 Å². The van der Waals surface area contributed by atoms with E-state index in [4.69, 9.17) is 9.47 Å². The topological polar surface area (TPSA) is 76.0 Å². The van der Waals surface area contributed by atoms with E-state index in [-0.39, 0.29) is 6.10 Å². The molecule has 26 heavy (non-hydrogen) atoms. The fourth-order valence-corrected chi connectivity index (χ4v) is 3.04. The van der Waals surface area contributed by atoms with E-state index in [1.807, 2.05) is 30.3 Å². The lowest BCUT2D eigenvalue weighted by Crippen LogP contribution is -2.23. The van der Waals surface area contributed by atoms with Gasteiger partial charge in [-0.1, -0.05) is 49.2 Å². The smallest absolute Gasteiger partial charge is 0.330 e. The highest BCUT2D eigenvalue weighted by molar-refractivity contribution is 5.82.